The van der Waals surface area contributed by atoms with Crippen molar-refractivity contribution in [2.45, 2.75) is 33.4 Å². The predicted molar refractivity (Wildman–Crippen MR) is 76.2 cm³/mol. The first-order valence-corrected chi connectivity index (χ1v) is 6.87. The van der Waals surface area contributed by atoms with E-state index in [0.29, 0.717) is 6.10 Å². The molecule has 0 radical (unpaired) electrons. The summed E-state index contributed by atoms with van der Waals surface area (Å²) in [5, 5.41) is 3.38. The summed E-state index contributed by atoms with van der Waals surface area (Å²) in [5.41, 5.74) is 4.08. The zero-order chi connectivity index (χ0) is 13.0. The number of hydrogen-bond donors (Lipinski definition) is 1. The van der Waals surface area contributed by atoms with Crippen LogP contribution in [0.15, 0.2) is 18.2 Å². The van der Waals surface area contributed by atoms with E-state index in [2.05, 4.69) is 49.2 Å². The second-order valence-corrected chi connectivity index (χ2v) is 5.02. The summed E-state index contributed by atoms with van der Waals surface area (Å²) in [6, 6.07) is 6.77. The average Bonchev–Trinajstić information content (AvgIpc) is 2.37. The molecule has 1 atom stereocenters. The molecule has 3 nitrogen and oxygen atoms in total. The van der Waals surface area contributed by atoms with Gasteiger partial charge in [-0.25, -0.2) is 0 Å². The molecule has 2 rings (SSSR count). The standard InChI is InChI=1S/C15H24N2O/c1-4-16-10-14-5-6-15(9-12(14)2)17-7-8-18-13(3)11-17/h5-6,9,13,16H,4,7-8,10-11H2,1-3H3. The summed E-state index contributed by atoms with van der Waals surface area (Å²) in [7, 11) is 0. The first-order chi connectivity index (χ1) is 8.70. The van der Waals surface area contributed by atoms with Gasteiger partial charge in [-0.2, -0.15) is 0 Å². The molecule has 1 aromatic carbocycles. The number of nitrogens with one attached hydrogen (secondary N) is 1. The third-order valence-corrected chi connectivity index (χ3v) is 3.50. The van der Waals surface area contributed by atoms with E-state index < -0.39 is 0 Å². The van der Waals surface area contributed by atoms with E-state index in [0.717, 1.165) is 32.8 Å². The van der Waals surface area contributed by atoms with Gasteiger partial charge in [0.1, 0.15) is 0 Å². The molecule has 1 aromatic rings. The Balaban J connectivity index is 2.07. The van der Waals surface area contributed by atoms with Crippen LogP contribution in [0.4, 0.5) is 5.69 Å². The molecule has 1 N–H and O–H groups in total. The van der Waals surface area contributed by atoms with Gasteiger partial charge in [0.25, 0.3) is 0 Å². The minimum absolute atomic E-state index is 0.334. The van der Waals surface area contributed by atoms with E-state index >= 15 is 0 Å². The molecule has 0 aliphatic carbocycles. The molecule has 3 heteroatoms. The number of ether oxygens (including phenoxy) is 1. The lowest BCUT2D eigenvalue weighted by molar-refractivity contribution is 0.0532. The molecule has 18 heavy (non-hydrogen) atoms. The molecule has 1 saturated heterocycles. The van der Waals surface area contributed by atoms with Gasteiger partial charge < -0.3 is 15.0 Å². The van der Waals surface area contributed by atoms with Gasteiger partial charge >= 0.3 is 0 Å². The van der Waals surface area contributed by atoms with Crippen LogP contribution in [0.2, 0.25) is 0 Å². The van der Waals surface area contributed by atoms with E-state index in [1.807, 2.05) is 0 Å². The molecule has 1 aliphatic heterocycles. The number of rotatable bonds is 4. The van der Waals surface area contributed by atoms with Gasteiger partial charge in [0.05, 0.1) is 12.7 Å². The Morgan fingerprint density at radius 2 is 2.28 bits per heavy atom. The summed E-state index contributed by atoms with van der Waals surface area (Å²) in [4.78, 5) is 2.41. The molecule has 1 aliphatic rings. The zero-order valence-corrected chi connectivity index (χ0v) is 11.7. The van der Waals surface area contributed by atoms with Crippen molar-refractivity contribution in [3.05, 3.63) is 29.3 Å². The zero-order valence-electron chi connectivity index (χ0n) is 11.7. The van der Waals surface area contributed by atoms with E-state index in [4.69, 9.17) is 4.74 Å². The molecule has 0 saturated carbocycles. The van der Waals surface area contributed by atoms with Gasteiger partial charge in [0.15, 0.2) is 0 Å². The Bertz CT molecular complexity index is 392. The number of hydrogen-bond acceptors (Lipinski definition) is 3. The number of benzene rings is 1. The smallest absolute Gasteiger partial charge is 0.0722 e. The Hall–Kier alpha value is -1.06. The molecule has 0 bridgehead atoms. The van der Waals surface area contributed by atoms with Crippen molar-refractivity contribution in [2.24, 2.45) is 0 Å². The van der Waals surface area contributed by atoms with E-state index in [1.165, 1.54) is 16.8 Å². The summed E-state index contributed by atoms with van der Waals surface area (Å²) in [6.07, 6.45) is 0.334. The maximum Gasteiger partial charge on any atom is 0.0722 e. The van der Waals surface area contributed by atoms with Gasteiger partial charge in [-0.1, -0.05) is 13.0 Å². The summed E-state index contributed by atoms with van der Waals surface area (Å²) < 4.78 is 5.58. The van der Waals surface area contributed by atoms with Crippen LogP contribution in [0.3, 0.4) is 0 Å². The van der Waals surface area contributed by atoms with Crippen molar-refractivity contribution in [1.29, 1.82) is 0 Å². The number of aryl methyl sites for hydroxylation is 1. The normalized spacial score (nSPS) is 20.2. The average molecular weight is 248 g/mol. The number of morpholine rings is 1. The lowest BCUT2D eigenvalue weighted by atomic mass is 10.1. The van der Waals surface area contributed by atoms with Crippen molar-refractivity contribution in [3.63, 3.8) is 0 Å². The van der Waals surface area contributed by atoms with Crippen molar-refractivity contribution in [3.8, 4) is 0 Å². The predicted octanol–water partition coefficient (Wildman–Crippen LogP) is 2.33. The van der Waals surface area contributed by atoms with Crippen LogP contribution >= 0.6 is 0 Å². The largest absolute Gasteiger partial charge is 0.375 e. The first-order valence-electron chi connectivity index (χ1n) is 6.87. The molecule has 0 aromatic heterocycles. The summed E-state index contributed by atoms with van der Waals surface area (Å²) in [6.45, 7) is 11.3. The van der Waals surface area contributed by atoms with E-state index in [9.17, 15) is 0 Å². The van der Waals surface area contributed by atoms with Crippen molar-refractivity contribution in [2.75, 3.05) is 31.1 Å². The fraction of sp³-hybridized carbons (Fsp3) is 0.600. The molecule has 1 unspecified atom stereocenters. The van der Waals surface area contributed by atoms with Crippen LogP contribution in [0.25, 0.3) is 0 Å². The SMILES string of the molecule is CCNCc1ccc(N2CCOC(C)C2)cc1C. The third kappa shape index (κ3) is 3.24. The number of nitrogens with zero attached hydrogens (tertiary/aromatic N) is 1. The van der Waals surface area contributed by atoms with Crippen LogP contribution in [-0.2, 0) is 11.3 Å². The third-order valence-electron chi connectivity index (χ3n) is 3.50. The Kier molecular flexibility index (Phi) is 4.61. The van der Waals surface area contributed by atoms with Crippen molar-refractivity contribution < 1.29 is 4.74 Å². The Morgan fingerprint density at radius 1 is 1.44 bits per heavy atom. The maximum absolute atomic E-state index is 5.58. The van der Waals surface area contributed by atoms with E-state index in [-0.39, 0.29) is 0 Å². The highest BCUT2D eigenvalue weighted by Crippen LogP contribution is 2.21. The van der Waals surface area contributed by atoms with Crippen LogP contribution in [-0.4, -0.2) is 32.3 Å². The highest BCUT2D eigenvalue weighted by molar-refractivity contribution is 5.51. The maximum atomic E-state index is 5.58. The lowest BCUT2D eigenvalue weighted by Gasteiger charge is -2.33. The van der Waals surface area contributed by atoms with Crippen LogP contribution in [0.5, 0.6) is 0 Å². The van der Waals surface area contributed by atoms with Crippen LogP contribution in [0.1, 0.15) is 25.0 Å². The minimum Gasteiger partial charge on any atom is -0.375 e. The molecular formula is C15H24N2O. The second-order valence-electron chi connectivity index (χ2n) is 5.02. The van der Waals surface area contributed by atoms with Gasteiger partial charge in [0.2, 0.25) is 0 Å². The van der Waals surface area contributed by atoms with Gasteiger partial charge in [0, 0.05) is 25.3 Å². The van der Waals surface area contributed by atoms with Gasteiger partial charge in [-0.3, -0.25) is 0 Å². The molecule has 0 amide bonds. The molecule has 0 spiro atoms. The summed E-state index contributed by atoms with van der Waals surface area (Å²) in [5.74, 6) is 0. The number of anilines is 1. The topological polar surface area (TPSA) is 24.5 Å². The van der Waals surface area contributed by atoms with Crippen LogP contribution < -0.4 is 10.2 Å². The van der Waals surface area contributed by atoms with Gasteiger partial charge in [-0.15, -0.1) is 0 Å². The molecule has 1 fully saturated rings. The van der Waals surface area contributed by atoms with Crippen LogP contribution in [0, 0.1) is 6.92 Å². The minimum atomic E-state index is 0.334. The molecule has 1 heterocycles. The molecule has 100 valence electrons. The Morgan fingerprint density at radius 3 is 2.94 bits per heavy atom. The van der Waals surface area contributed by atoms with Gasteiger partial charge in [-0.05, 0) is 43.7 Å². The second kappa shape index (κ2) is 6.21. The highest BCUT2D eigenvalue weighted by atomic mass is 16.5. The highest BCUT2D eigenvalue weighted by Gasteiger charge is 2.17. The fourth-order valence-corrected chi connectivity index (χ4v) is 2.39. The van der Waals surface area contributed by atoms with Crippen molar-refractivity contribution >= 4 is 5.69 Å². The quantitative estimate of drug-likeness (QED) is 0.885. The summed E-state index contributed by atoms with van der Waals surface area (Å²) >= 11 is 0. The first kappa shape index (κ1) is 13.4. The Labute approximate surface area is 110 Å². The fourth-order valence-electron chi connectivity index (χ4n) is 2.39. The lowest BCUT2D eigenvalue weighted by Crippen LogP contribution is -2.41. The monoisotopic (exact) mass is 248 g/mol. The van der Waals surface area contributed by atoms with E-state index in [1.54, 1.807) is 0 Å². The van der Waals surface area contributed by atoms with Crippen molar-refractivity contribution in [1.82, 2.24) is 5.32 Å². The molecular weight excluding hydrogens is 224 g/mol.